The van der Waals surface area contributed by atoms with Crippen LogP contribution >= 0.6 is 15.9 Å². The van der Waals surface area contributed by atoms with Gasteiger partial charge < -0.3 is 29.7 Å². The highest BCUT2D eigenvalue weighted by Crippen LogP contribution is 2.35. The van der Waals surface area contributed by atoms with Crippen LogP contribution in [-0.4, -0.2) is 84.5 Å². The summed E-state index contributed by atoms with van der Waals surface area (Å²) in [5.41, 5.74) is 3.15. The molecule has 1 saturated heterocycles. The minimum absolute atomic E-state index is 0.0896. The SMILES string of the molecule is CN(C[C@@H](OC=O)c1ccccc1)C(=O)C1=C(c2ccc(CCCOc3cc(F)ccc3Br)cc2)C[C@@H]2CN(C(=O)CCC(C)(C)C(=O)O)C[C@H]1N2. The van der Waals surface area contributed by atoms with Gasteiger partial charge >= 0.3 is 5.97 Å². The second-order valence-corrected chi connectivity index (χ2v) is 14.9. The van der Waals surface area contributed by atoms with Gasteiger partial charge in [-0.1, -0.05) is 54.6 Å². The Balaban J connectivity index is 1.36. The van der Waals surface area contributed by atoms with E-state index >= 15 is 0 Å². The lowest BCUT2D eigenvalue weighted by molar-refractivity contribution is -0.148. The fourth-order valence-electron chi connectivity index (χ4n) is 6.67. The Morgan fingerprint density at radius 3 is 2.52 bits per heavy atom. The van der Waals surface area contributed by atoms with Crippen LogP contribution in [0, 0.1) is 11.2 Å². The van der Waals surface area contributed by atoms with Gasteiger partial charge in [0.25, 0.3) is 12.4 Å². The molecule has 3 atom stereocenters. The highest BCUT2D eigenvalue weighted by atomic mass is 79.9. The monoisotopic (exact) mass is 777 g/mol. The lowest BCUT2D eigenvalue weighted by atomic mass is 9.82. The predicted octanol–water partition coefficient (Wildman–Crippen LogP) is 6.19. The third-order valence-electron chi connectivity index (χ3n) is 9.77. The number of nitrogens with one attached hydrogen (secondary N) is 1. The largest absolute Gasteiger partial charge is 0.492 e. The number of aryl methyl sites for hydroxylation is 1. The molecule has 2 aliphatic heterocycles. The summed E-state index contributed by atoms with van der Waals surface area (Å²) in [5.74, 6) is -1.25. The number of amides is 2. The van der Waals surface area contributed by atoms with Gasteiger partial charge in [-0.25, -0.2) is 4.39 Å². The molecule has 0 aromatic heterocycles. The normalized spacial score (nSPS) is 17.7. The van der Waals surface area contributed by atoms with E-state index in [4.69, 9.17) is 9.47 Å². The highest BCUT2D eigenvalue weighted by Gasteiger charge is 2.41. The molecule has 3 aromatic carbocycles. The molecule has 52 heavy (non-hydrogen) atoms. The van der Waals surface area contributed by atoms with Crippen LogP contribution in [0.15, 0.2) is 82.8 Å². The first-order valence-electron chi connectivity index (χ1n) is 17.4. The summed E-state index contributed by atoms with van der Waals surface area (Å²) in [5, 5.41) is 13.1. The van der Waals surface area contributed by atoms with Gasteiger partial charge in [0.1, 0.15) is 17.7 Å². The third kappa shape index (κ3) is 9.65. The first kappa shape index (κ1) is 38.7. The van der Waals surface area contributed by atoms with Crippen molar-refractivity contribution in [1.82, 2.24) is 15.1 Å². The van der Waals surface area contributed by atoms with Crippen LogP contribution in [-0.2, 0) is 30.3 Å². The molecule has 0 radical (unpaired) electrons. The van der Waals surface area contributed by atoms with Crippen molar-refractivity contribution in [3.63, 3.8) is 0 Å². The van der Waals surface area contributed by atoms with E-state index in [1.165, 1.54) is 12.1 Å². The van der Waals surface area contributed by atoms with E-state index in [2.05, 4.69) is 21.2 Å². The molecule has 0 unspecified atom stereocenters. The molecule has 2 bridgehead atoms. The van der Waals surface area contributed by atoms with Crippen molar-refractivity contribution in [2.45, 2.75) is 64.1 Å². The first-order chi connectivity index (χ1) is 24.9. The number of hydrogen-bond donors (Lipinski definition) is 2. The maximum Gasteiger partial charge on any atom is 0.309 e. The number of ether oxygens (including phenoxy) is 2. The molecule has 0 aliphatic carbocycles. The van der Waals surface area contributed by atoms with E-state index in [9.17, 15) is 28.7 Å². The van der Waals surface area contributed by atoms with E-state index in [1.807, 2.05) is 54.6 Å². The van der Waals surface area contributed by atoms with E-state index < -0.39 is 23.5 Å². The fourth-order valence-corrected chi connectivity index (χ4v) is 7.03. The number of nitrogens with zero attached hydrogens (tertiary/aromatic N) is 2. The maximum absolute atomic E-state index is 14.4. The molecule has 3 aromatic rings. The van der Waals surface area contributed by atoms with Crippen LogP contribution in [0.4, 0.5) is 4.39 Å². The van der Waals surface area contributed by atoms with Gasteiger partial charge in [-0.2, -0.15) is 0 Å². The van der Waals surface area contributed by atoms with Gasteiger partial charge in [-0.05, 0) is 89.9 Å². The summed E-state index contributed by atoms with van der Waals surface area (Å²) in [4.78, 5) is 54.2. The molecule has 0 saturated carbocycles. The quantitative estimate of drug-likeness (QED) is 0.130. The van der Waals surface area contributed by atoms with Crippen molar-refractivity contribution in [3.05, 3.63) is 105 Å². The van der Waals surface area contributed by atoms with Crippen molar-refractivity contribution in [2.24, 2.45) is 5.41 Å². The maximum atomic E-state index is 14.4. The number of benzene rings is 3. The van der Waals surface area contributed by atoms with E-state index in [1.54, 1.807) is 36.8 Å². The number of halogens is 2. The number of carbonyl (C=O) groups excluding carboxylic acids is 3. The van der Waals surface area contributed by atoms with Gasteiger partial charge in [0, 0.05) is 44.2 Å². The molecule has 1 fully saturated rings. The molecule has 2 amide bonds. The second-order valence-electron chi connectivity index (χ2n) is 14.0. The number of hydrogen-bond acceptors (Lipinski definition) is 7. The summed E-state index contributed by atoms with van der Waals surface area (Å²) in [6.07, 6.45) is 1.57. The predicted molar refractivity (Wildman–Crippen MR) is 198 cm³/mol. The van der Waals surface area contributed by atoms with Crippen molar-refractivity contribution >= 4 is 45.8 Å². The Morgan fingerprint density at radius 2 is 1.83 bits per heavy atom. The molecule has 2 aliphatic rings. The number of carboxylic acid groups (broad SMARTS) is 1. The average molecular weight is 779 g/mol. The lowest BCUT2D eigenvalue weighted by Crippen LogP contribution is -2.62. The molecule has 10 nitrogen and oxygen atoms in total. The Hall–Kier alpha value is -4.55. The van der Waals surface area contributed by atoms with Crippen molar-refractivity contribution < 1.29 is 38.1 Å². The van der Waals surface area contributed by atoms with Gasteiger partial charge in [0.05, 0.1) is 29.1 Å². The highest BCUT2D eigenvalue weighted by molar-refractivity contribution is 9.10. The van der Waals surface area contributed by atoms with Crippen LogP contribution in [0.3, 0.4) is 0 Å². The topological polar surface area (TPSA) is 125 Å². The van der Waals surface area contributed by atoms with Crippen molar-refractivity contribution in [3.8, 4) is 5.75 Å². The molecular formula is C40H45BrFN3O7. The number of carboxylic acids is 1. The van der Waals surface area contributed by atoms with Crippen molar-refractivity contribution in [2.75, 3.05) is 33.3 Å². The summed E-state index contributed by atoms with van der Waals surface area (Å²) in [6, 6.07) is 21.1. The van der Waals surface area contributed by atoms with Crippen LogP contribution in [0.2, 0.25) is 0 Å². The average Bonchev–Trinajstić information content (AvgIpc) is 3.13. The Bertz CT molecular complexity index is 1780. The zero-order valence-electron chi connectivity index (χ0n) is 29.6. The molecule has 276 valence electrons. The smallest absolute Gasteiger partial charge is 0.309 e. The van der Waals surface area contributed by atoms with Gasteiger partial charge in [0.2, 0.25) is 5.91 Å². The van der Waals surface area contributed by atoms with E-state index in [0.29, 0.717) is 48.3 Å². The third-order valence-corrected chi connectivity index (χ3v) is 10.4. The number of piperazine rings is 1. The zero-order chi connectivity index (χ0) is 37.4. The number of fused-ring (bicyclic) bond motifs is 2. The number of aliphatic carboxylic acids is 1. The number of likely N-dealkylation sites (N-methyl/N-ethyl adjacent to an activating group) is 1. The standard InChI is InChI=1S/C40H45BrFN3O7/c1-40(2,39(49)50)18-17-36(47)45-22-30-21-31(27-13-11-26(12-14-27)8-7-19-51-34-20-29(42)15-16-32(34)41)37(33(23-45)43-30)38(48)44(3)24-35(52-25-46)28-9-5-4-6-10-28/h4-6,9-16,20,25,30,33,35,43H,7-8,17-19,21-24H2,1-3H3,(H,49,50)/t30-,33-,35-/m1/s1. The minimum atomic E-state index is -1.03. The molecule has 2 N–H and O–H groups in total. The zero-order valence-corrected chi connectivity index (χ0v) is 31.2. The Morgan fingerprint density at radius 1 is 1.10 bits per heavy atom. The van der Waals surface area contributed by atoms with Gasteiger partial charge in [0.15, 0.2) is 0 Å². The van der Waals surface area contributed by atoms with E-state index in [-0.39, 0.29) is 49.6 Å². The first-order valence-corrected chi connectivity index (χ1v) is 18.2. The molecular weight excluding hydrogens is 733 g/mol. The van der Waals surface area contributed by atoms with Crippen LogP contribution in [0.25, 0.3) is 5.57 Å². The summed E-state index contributed by atoms with van der Waals surface area (Å²) in [6.45, 7) is 4.83. The molecule has 0 spiro atoms. The fraction of sp³-hybridized carbons (Fsp3) is 0.400. The molecule has 12 heteroatoms. The van der Waals surface area contributed by atoms with Crippen LogP contribution in [0.1, 0.15) is 62.3 Å². The molecule has 5 rings (SSSR count). The summed E-state index contributed by atoms with van der Waals surface area (Å²) < 4.78 is 25.5. The second kappa shape index (κ2) is 17.3. The van der Waals surface area contributed by atoms with Crippen molar-refractivity contribution in [1.29, 1.82) is 0 Å². The number of carbonyl (C=O) groups is 4. The molecule has 2 heterocycles. The van der Waals surface area contributed by atoms with E-state index in [0.717, 1.165) is 28.7 Å². The van der Waals surface area contributed by atoms with Crippen LogP contribution < -0.4 is 10.1 Å². The summed E-state index contributed by atoms with van der Waals surface area (Å²) in [7, 11) is 1.68. The lowest BCUT2D eigenvalue weighted by Gasteiger charge is -2.45. The minimum Gasteiger partial charge on any atom is -0.492 e. The summed E-state index contributed by atoms with van der Waals surface area (Å²) >= 11 is 3.39. The number of rotatable bonds is 16. The Kier molecular flexibility index (Phi) is 12.9. The Labute approximate surface area is 312 Å². The van der Waals surface area contributed by atoms with Crippen LogP contribution in [0.5, 0.6) is 5.75 Å². The van der Waals surface area contributed by atoms with Gasteiger partial charge in [-0.15, -0.1) is 0 Å². The van der Waals surface area contributed by atoms with Gasteiger partial charge in [-0.3, -0.25) is 19.2 Å².